The SMILES string of the molecule is CCCCOc1ccc(C(=O)C=CNc2ccccc2)cc1. The van der Waals surface area contributed by atoms with Crippen LogP contribution in [0.4, 0.5) is 5.69 Å². The quantitative estimate of drug-likeness (QED) is 0.437. The molecule has 0 atom stereocenters. The fraction of sp³-hybridized carbons (Fsp3) is 0.211. The molecule has 0 saturated carbocycles. The van der Waals surface area contributed by atoms with E-state index >= 15 is 0 Å². The van der Waals surface area contributed by atoms with E-state index in [1.807, 2.05) is 42.5 Å². The lowest BCUT2D eigenvalue weighted by molar-refractivity contribution is 0.104. The number of rotatable bonds is 8. The van der Waals surface area contributed by atoms with Crippen molar-refractivity contribution in [1.29, 1.82) is 0 Å². The Morgan fingerprint density at radius 3 is 2.50 bits per heavy atom. The smallest absolute Gasteiger partial charge is 0.187 e. The van der Waals surface area contributed by atoms with Gasteiger partial charge >= 0.3 is 0 Å². The molecule has 0 radical (unpaired) electrons. The molecule has 0 fully saturated rings. The van der Waals surface area contributed by atoms with Crippen LogP contribution >= 0.6 is 0 Å². The van der Waals surface area contributed by atoms with Gasteiger partial charge in [0, 0.05) is 23.5 Å². The average Bonchev–Trinajstić information content (AvgIpc) is 2.56. The summed E-state index contributed by atoms with van der Waals surface area (Å²) in [4.78, 5) is 12.0. The molecule has 0 spiro atoms. The summed E-state index contributed by atoms with van der Waals surface area (Å²) in [6.07, 6.45) is 5.33. The van der Waals surface area contributed by atoms with E-state index in [-0.39, 0.29) is 5.78 Å². The van der Waals surface area contributed by atoms with Crippen molar-refractivity contribution in [2.45, 2.75) is 19.8 Å². The Balaban J connectivity index is 1.86. The van der Waals surface area contributed by atoms with Gasteiger partial charge in [-0.3, -0.25) is 4.79 Å². The maximum Gasteiger partial charge on any atom is 0.187 e. The van der Waals surface area contributed by atoms with E-state index in [0.29, 0.717) is 12.2 Å². The molecule has 0 aliphatic rings. The van der Waals surface area contributed by atoms with Crippen LogP contribution in [0.1, 0.15) is 30.1 Å². The number of unbranched alkanes of at least 4 members (excludes halogenated alkanes) is 1. The lowest BCUT2D eigenvalue weighted by atomic mass is 10.1. The van der Waals surface area contributed by atoms with Gasteiger partial charge in [-0.25, -0.2) is 0 Å². The highest BCUT2D eigenvalue weighted by molar-refractivity contribution is 6.04. The summed E-state index contributed by atoms with van der Waals surface area (Å²) in [7, 11) is 0. The minimum absolute atomic E-state index is 0.0384. The molecule has 3 nitrogen and oxygen atoms in total. The molecule has 114 valence electrons. The number of anilines is 1. The van der Waals surface area contributed by atoms with E-state index in [1.165, 1.54) is 6.08 Å². The summed E-state index contributed by atoms with van der Waals surface area (Å²) < 4.78 is 5.58. The maximum absolute atomic E-state index is 12.0. The van der Waals surface area contributed by atoms with Gasteiger partial charge in [-0.05, 0) is 42.8 Å². The van der Waals surface area contributed by atoms with Crippen LogP contribution in [0.25, 0.3) is 0 Å². The minimum atomic E-state index is -0.0384. The van der Waals surface area contributed by atoms with Crippen molar-refractivity contribution in [3.8, 4) is 5.75 Å². The summed E-state index contributed by atoms with van der Waals surface area (Å²) >= 11 is 0. The molecular weight excluding hydrogens is 274 g/mol. The molecule has 2 rings (SSSR count). The van der Waals surface area contributed by atoms with Crippen LogP contribution in [0.5, 0.6) is 5.75 Å². The number of nitrogens with one attached hydrogen (secondary N) is 1. The van der Waals surface area contributed by atoms with Crippen molar-refractivity contribution >= 4 is 11.5 Å². The molecule has 2 aromatic rings. The molecular formula is C19H21NO2. The molecule has 0 bridgehead atoms. The number of ketones is 1. The van der Waals surface area contributed by atoms with Crippen LogP contribution in [0, 0.1) is 0 Å². The first-order valence-electron chi connectivity index (χ1n) is 7.55. The van der Waals surface area contributed by atoms with Crippen molar-refractivity contribution in [1.82, 2.24) is 0 Å². The number of carbonyl (C=O) groups excluding carboxylic acids is 1. The Labute approximate surface area is 131 Å². The number of ether oxygens (including phenoxy) is 1. The van der Waals surface area contributed by atoms with Gasteiger partial charge < -0.3 is 10.1 Å². The first-order valence-corrected chi connectivity index (χ1v) is 7.55. The number of allylic oxidation sites excluding steroid dienone is 1. The molecule has 0 aliphatic carbocycles. The Morgan fingerprint density at radius 1 is 1.09 bits per heavy atom. The number of carbonyl (C=O) groups is 1. The standard InChI is InChI=1S/C19H21NO2/c1-2-3-15-22-18-11-9-16(10-12-18)19(21)13-14-20-17-7-5-4-6-8-17/h4-14,20H,2-3,15H2,1H3. The molecule has 0 unspecified atom stereocenters. The molecule has 1 N–H and O–H groups in total. The van der Waals surface area contributed by atoms with Gasteiger partial charge in [0.1, 0.15) is 5.75 Å². The first kappa shape index (κ1) is 15.8. The van der Waals surface area contributed by atoms with Crippen molar-refractivity contribution in [2.75, 3.05) is 11.9 Å². The van der Waals surface area contributed by atoms with Gasteiger partial charge in [0.15, 0.2) is 5.78 Å². The Morgan fingerprint density at radius 2 is 1.82 bits per heavy atom. The zero-order valence-electron chi connectivity index (χ0n) is 12.8. The summed E-state index contributed by atoms with van der Waals surface area (Å²) in [5.41, 5.74) is 1.60. The normalized spacial score (nSPS) is 10.6. The van der Waals surface area contributed by atoms with E-state index in [0.717, 1.165) is 24.3 Å². The third kappa shape index (κ3) is 5.09. The van der Waals surface area contributed by atoms with E-state index < -0.39 is 0 Å². The lowest BCUT2D eigenvalue weighted by Gasteiger charge is -2.05. The molecule has 0 heterocycles. The van der Waals surface area contributed by atoms with E-state index in [2.05, 4.69) is 12.2 Å². The molecule has 0 saturated heterocycles. The van der Waals surface area contributed by atoms with Gasteiger partial charge in [-0.2, -0.15) is 0 Å². The largest absolute Gasteiger partial charge is 0.494 e. The zero-order chi connectivity index (χ0) is 15.6. The highest BCUT2D eigenvalue weighted by Gasteiger charge is 2.02. The Bertz CT molecular complexity index is 603. The van der Waals surface area contributed by atoms with E-state index in [1.54, 1.807) is 18.3 Å². The minimum Gasteiger partial charge on any atom is -0.494 e. The second-order valence-electron chi connectivity index (χ2n) is 4.93. The van der Waals surface area contributed by atoms with Crippen LogP contribution < -0.4 is 10.1 Å². The van der Waals surface area contributed by atoms with Crippen LogP contribution in [-0.2, 0) is 0 Å². The van der Waals surface area contributed by atoms with Crippen molar-refractivity contribution in [3.63, 3.8) is 0 Å². The fourth-order valence-corrected chi connectivity index (χ4v) is 1.89. The highest BCUT2D eigenvalue weighted by atomic mass is 16.5. The molecule has 0 amide bonds. The number of para-hydroxylation sites is 1. The highest BCUT2D eigenvalue weighted by Crippen LogP contribution is 2.13. The molecule has 22 heavy (non-hydrogen) atoms. The molecule has 0 aromatic heterocycles. The third-order valence-corrected chi connectivity index (χ3v) is 3.16. The molecule has 0 aliphatic heterocycles. The lowest BCUT2D eigenvalue weighted by Crippen LogP contribution is -1.99. The molecule has 3 heteroatoms. The average molecular weight is 295 g/mol. The summed E-state index contributed by atoms with van der Waals surface area (Å²) in [5, 5.41) is 3.06. The first-order chi connectivity index (χ1) is 10.8. The van der Waals surface area contributed by atoms with Crippen molar-refractivity contribution in [3.05, 3.63) is 72.4 Å². The van der Waals surface area contributed by atoms with Crippen LogP contribution in [-0.4, -0.2) is 12.4 Å². The van der Waals surface area contributed by atoms with Crippen molar-refractivity contribution in [2.24, 2.45) is 0 Å². The topological polar surface area (TPSA) is 38.3 Å². The summed E-state index contributed by atoms with van der Waals surface area (Å²) in [5.74, 6) is 0.764. The number of hydrogen-bond donors (Lipinski definition) is 1. The fourth-order valence-electron chi connectivity index (χ4n) is 1.89. The summed E-state index contributed by atoms with van der Waals surface area (Å²) in [6.45, 7) is 2.84. The van der Waals surface area contributed by atoms with Gasteiger partial charge in [0.2, 0.25) is 0 Å². The third-order valence-electron chi connectivity index (χ3n) is 3.16. The second kappa shape index (κ2) is 8.67. The molecule has 2 aromatic carbocycles. The van der Waals surface area contributed by atoms with E-state index in [9.17, 15) is 4.79 Å². The summed E-state index contributed by atoms with van der Waals surface area (Å²) in [6, 6.07) is 17.0. The Kier molecular flexibility index (Phi) is 6.24. The second-order valence-corrected chi connectivity index (χ2v) is 4.93. The van der Waals surface area contributed by atoms with Crippen LogP contribution in [0.15, 0.2) is 66.9 Å². The van der Waals surface area contributed by atoms with Gasteiger partial charge in [-0.15, -0.1) is 0 Å². The zero-order valence-corrected chi connectivity index (χ0v) is 12.8. The van der Waals surface area contributed by atoms with Crippen LogP contribution in [0.2, 0.25) is 0 Å². The maximum atomic E-state index is 12.0. The van der Waals surface area contributed by atoms with Gasteiger partial charge in [0.25, 0.3) is 0 Å². The van der Waals surface area contributed by atoms with Gasteiger partial charge in [-0.1, -0.05) is 31.5 Å². The number of hydrogen-bond acceptors (Lipinski definition) is 3. The van der Waals surface area contributed by atoms with Crippen molar-refractivity contribution < 1.29 is 9.53 Å². The van der Waals surface area contributed by atoms with E-state index in [4.69, 9.17) is 4.74 Å². The van der Waals surface area contributed by atoms with Crippen LogP contribution in [0.3, 0.4) is 0 Å². The predicted molar refractivity (Wildman–Crippen MR) is 90.4 cm³/mol. The predicted octanol–water partition coefficient (Wildman–Crippen LogP) is 4.67. The monoisotopic (exact) mass is 295 g/mol. The van der Waals surface area contributed by atoms with Gasteiger partial charge in [0.05, 0.1) is 6.61 Å². The Hall–Kier alpha value is -2.55. The number of benzene rings is 2.